The van der Waals surface area contributed by atoms with Crippen molar-refractivity contribution in [1.29, 1.82) is 0 Å². The van der Waals surface area contributed by atoms with E-state index < -0.39 is 0 Å². The number of nitrogens with zero attached hydrogens (tertiary/aromatic N) is 1. The molecule has 4 nitrogen and oxygen atoms in total. The van der Waals surface area contributed by atoms with Gasteiger partial charge in [0.25, 0.3) is 0 Å². The molecule has 4 heteroatoms. The fraction of sp³-hybridized carbons (Fsp3) is 0.632. The second-order valence-electron chi connectivity index (χ2n) is 7.35. The number of nitrogens with one attached hydrogen (secondary N) is 1. The highest BCUT2D eigenvalue weighted by atomic mass is 16.7. The molecule has 0 aliphatic carbocycles. The number of carbonyl (C=O) groups is 1. The Bertz CT molecular complexity index is 468. The van der Waals surface area contributed by atoms with Crippen molar-refractivity contribution in [3.63, 3.8) is 0 Å². The molecular formula is C19H32N2O2. The molecule has 0 spiro atoms. The van der Waals surface area contributed by atoms with Crippen LogP contribution in [0.2, 0.25) is 0 Å². The number of amides is 1. The van der Waals surface area contributed by atoms with Crippen LogP contribution in [0.1, 0.15) is 59.6 Å². The number of likely N-dealkylation sites (tertiary alicyclic amines) is 1. The number of hydrogen-bond donors (Lipinski definition) is 1. The molecule has 1 aromatic carbocycles. The van der Waals surface area contributed by atoms with E-state index in [2.05, 4.69) is 54.6 Å². The van der Waals surface area contributed by atoms with E-state index in [9.17, 15) is 4.79 Å². The van der Waals surface area contributed by atoms with Crippen LogP contribution in [0.4, 0.5) is 0 Å². The van der Waals surface area contributed by atoms with Crippen LogP contribution in [0.5, 0.6) is 0 Å². The number of benzene rings is 1. The second-order valence-corrected chi connectivity index (χ2v) is 7.35. The molecular weight excluding hydrogens is 288 g/mol. The van der Waals surface area contributed by atoms with Gasteiger partial charge in [0, 0.05) is 19.5 Å². The van der Waals surface area contributed by atoms with Gasteiger partial charge in [-0.1, -0.05) is 37.3 Å². The highest BCUT2D eigenvalue weighted by Gasteiger charge is 2.23. The monoisotopic (exact) mass is 320 g/mol. The van der Waals surface area contributed by atoms with Crippen molar-refractivity contribution >= 4 is 5.91 Å². The minimum absolute atomic E-state index is 0.176. The zero-order valence-electron chi connectivity index (χ0n) is 15.4. The van der Waals surface area contributed by atoms with Crippen LogP contribution in [0.25, 0.3) is 0 Å². The Labute approximate surface area is 141 Å². The van der Waals surface area contributed by atoms with E-state index in [-0.39, 0.29) is 11.5 Å². The minimum Gasteiger partial charge on any atom is -0.296 e. The molecule has 1 aliphatic heterocycles. The summed E-state index contributed by atoms with van der Waals surface area (Å²) < 4.78 is 0. The predicted molar refractivity (Wildman–Crippen MR) is 94.9 cm³/mol. The lowest BCUT2D eigenvalue weighted by molar-refractivity contribution is -0.143. The van der Waals surface area contributed by atoms with Gasteiger partial charge in [-0.25, -0.2) is 5.48 Å². The maximum atomic E-state index is 10.3. The zero-order chi connectivity index (χ0) is 17.5. The highest BCUT2D eigenvalue weighted by molar-refractivity contribution is 5.71. The summed E-state index contributed by atoms with van der Waals surface area (Å²) in [5, 5.41) is 0. The third-order valence-corrected chi connectivity index (χ3v) is 3.79. The van der Waals surface area contributed by atoms with Gasteiger partial charge in [0.05, 0.1) is 5.60 Å². The van der Waals surface area contributed by atoms with Gasteiger partial charge in [-0.3, -0.25) is 14.5 Å². The van der Waals surface area contributed by atoms with Crippen LogP contribution < -0.4 is 5.48 Å². The summed E-state index contributed by atoms with van der Waals surface area (Å²) in [5.41, 5.74) is 3.39. The van der Waals surface area contributed by atoms with Crippen molar-refractivity contribution < 1.29 is 9.63 Å². The molecule has 0 radical (unpaired) electrons. The summed E-state index contributed by atoms with van der Waals surface area (Å²) in [4.78, 5) is 17.7. The molecule has 1 N–H and O–H groups in total. The van der Waals surface area contributed by atoms with Gasteiger partial charge in [-0.15, -0.1) is 0 Å². The van der Waals surface area contributed by atoms with Crippen molar-refractivity contribution in [2.45, 2.75) is 59.6 Å². The van der Waals surface area contributed by atoms with Crippen molar-refractivity contribution in [2.75, 3.05) is 13.1 Å². The molecule has 1 heterocycles. The van der Waals surface area contributed by atoms with Crippen LogP contribution in [0.3, 0.4) is 0 Å². The van der Waals surface area contributed by atoms with E-state index in [0.29, 0.717) is 6.04 Å². The average molecular weight is 320 g/mol. The molecule has 23 heavy (non-hydrogen) atoms. The number of hydroxylamine groups is 1. The maximum absolute atomic E-state index is 10.3. The Balaban J connectivity index is 0.000000257. The second kappa shape index (κ2) is 9.04. The molecule has 0 bridgehead atoms. The van der Waals surface area contributed by atoms with Gasteiger partial charge in [-0.05, 0) is 52.1 Å². The fourth-order valence-corrected chi connectivity index (χ4v) is 2.49. The van der Waals surface area contributed by atoms with Crippen molar-refractivity contribution in [3.05, 3.63) is 35.9 Å². The SMILES string of the molecule is CC(=O)NOC(C)(C)C.CC1CCN(C(C)c2ccccc2)C1. The van der Waals surface area contributed by atoms with Crippen molar-refractivity contribution in [3.8, 4) is 0 Å². The molecule has 130 valence electrons. The lowest BCUT2D eigenvalue weighted by atomic mass is 10.1. The summed E-state index contributed by atoms with van der Waals surface area (Å²) in [6.07, 6.45) is 1.36. The summed E-state index contributed by atoms with van der Waals surface area (Å²) in [7, 11) is 0. The number of hydrogen-bond acceptors (Lipinski definition) is 3. The van der Waals surface area contributed by atoms with Gasteiger partial charge in [0.1, 0.15) is 0 Å². The molecule has 2 atom stereocenters. The molecule has 1 aliphatic rings. The normalized spacial score (nSPS) is 19.7. The lowest BCUT2D eigenvalue weighted by Gasteiger charge is -2.24. The topological polar surface area (TPSA) is 41.6 Å². The van der Waals surface area contributed by atoms with Crippen LogP contribution >= 0.6 is 0 Å². The summed E-state index contributed by atoms with van der Waals surface area (Å²) in [6.45, 7) is 14.2. The van der Waals surface area contributed by atoms with Crippen molar-refractivity contribution in [2.24, 2.45) is 5.92 Å². The van der Waals surface area contributed by atoms with E-state index in [1.807, 2.05) is 20.8 Å². The predicted octanol–water partition coefficient (Wildman–Crippen LogP) is 3.94. The van der Waals surface area contributed by atoms with Crippen LogP contribution in [0, 0.1) is 5.92 Å². The van der Waals surface area contributed by atoms with Crippen LogP contribution in [0.15, 0.2) is 30.3 Å². The Morgan fingerprint density at radius 3 is 2.30 bits per heavy atom. The van der Waals surface area contributed by atoms with E-state index in [0.717, 1.165) is 5.92 Å². The Morgan fingerprint density at radius 2 is 1.91 bits per heavy atom. The van der Waals surface area contributed by atoms with E-state index in [4.69, 9.17) is 4.84 Å². The summed E-state index contributed by atoms with van der Waals surface area (Å²) in [6, 6.07) is 11.4. The number of rotatable bonds is 3. The van der Waals surface area contributed by atoms with E-state index in [1.54, 1.807) is 0 Å². The molecule has 0 saturated carbocycles. The van der Waals surface area contributed by atoms with Gasteiger partial charge >= 0.3 is 0 Å². The first-order valence-electron chi connectivity index (χ1n) is 8.42. The number of carbonyl (C=O) groups excluding carboxylic acids is 1. The highest BCUT2D eigenvalue weighted by Crippen LogP contribution is 2.26. The standard InChI is InChI=1S/C13H19N.C6H13NO2/c1-11-8-9-14(10-11)12(2)13-6-4-3-5-7-13;1-5(8)7-9-6(2,3)4/h3-7,11-12H,8-10H2,1-2H3;1-4H3,(H,7,8). The Morgan fingerprint density at radius 1 is 1.30 bits per heavy atom. The molecule has 1 saturated heterocycles. The third-order valence-electron chi connectivity index (χ3n) is 3.79. The van der Waals surface area contributed by atoms with E-state index in [1.165, 1.54) is 32.0 Å². The molecule has 1 fully saturated rings. The van der Waals surface area contributed by atoms with Crippen LogP contribution in [-0.4, -0.2) is 29.5 Å². The summed E-state index contributed by atoms with van der Waals surface area (Å²) >= 11 is 0. The lowest BCUT2D eigenvalue weighted by Crippen LogP contribution is -2.31. The smallest absolute Gasteiger partial charge is 0.240 e. The molecule has 2 unspecified atom stereocenters. The molecule has 2 rings (SSSR count). The van der Waals surface area contributed by atoms with Gasteiger partial charge < -0.3 is 0 Å². The third kappa shape index (κ3) is 8.14. The Hall–Kier alpha value is -1.39. The fourth-order valence-electron chi connectivity index (χ4n) is 2.49. The summed E-state index contributed by atoms with van der Waals surface area (Å²) in [5.74, 6) is 0.700. The van der Waals surface area contributed by atoms with Gasteiger partial charge in [0.2, 0.25) is 5.91 Å². The minimum atomic E-state index is -0.300. The molecule has 1 amide bonds. The molecule has 0 aromatic heterocycles. The first kappa shape index (κ1) is 19.7. The average Bonchev–Trinajstić information content (AvgIpc) is 2.92. The van der Waals surface area contributed by atoms with Crippen molar-refractivity contribution in [1.82, 2.24) is 10.4 Å². The first-order chi connectivity index (χ1) is 10.7. The quantitative estimate of drug-likeness (QED) is 0.858. The maximum Gasteiger partial charge on any atom is 0.240 e. The molecule has 1 aromatic rings. The zero-order valence-corrected chi connectivity index (χ0v) is 15.4. The van der Waals surface area contributed by atoms with Gasteiger partial charge in [0.15, 0.2) is 0 Å². The van der Waals surface area contributed by atoms with Crippen LogP contribution in [-0.2, 0) is 9.63 Å². The largest absolute Gasteiger partial charge is 0.296 e. The van der Waals surface area contributed by atoms with E-state index >= 15 is 0 Å². The Kier molecular flexibility index (Phi) is 7.73. The first-order valence-corrected chi connectivity index (χ1v) is 8.42. The van der Waals surface area contributed by atoms with Gasteiger partial charge in [-0.2, -0.15) is 0 Å².